The highest BCUT2D eigenvalue weighted by molar-refractivity contribution is 6.11. The van der Waals surface area contributed by atoms with E-state index in [0.29, 0.717) is 46.3 Å². The fraction of sp³-hybridized carbons (Fsp3) is 0. The second-order valence-corrected chi connectivity index (χ2v) is 28.4. The number of fused-ring (bicyclic) bond motifs is 10. The summed E-state index contributed by atoms with van der Waals surface area (Å²) in [6.45, 7) is 0. The standard InChI is InChI=1S/2C51H31N7/c1-3-9-35(10-4-1)49-56-50(36-11-5-2-6-12-36)58-51(57-49)45-26-21-34-19-20-38(31-46(34)55-45)37-22-24-44-39(29-37)23-25-43(54-44)33-17-15-32(16-18-33)42-30-40-13-7-27-52-47(40)48-41(42)14-8-28-53-48;1-3-8-36(9-4-1)49-56-50(37-10-5-2-6-11-37)58-51(57-49)45-26-20-34-17-18-39(31-46(34)55-45)38-21-24-44-40(30-38)22-25-43(54-44)33-15-13-32(14-16-33)41-27-29-53-48-42(41)23-19-35-12-7-28-52-47(35)48/h2*1-31H. The Morgan fingerprint density at radius 3 is 0.966 bits per heavy atom. The summed E-state index contributed by atoms with van der Waals surface area (Å²) in [5.74, 6) is 3.48. The first-order valence-corrected chi connectivity index (χ1v) is 38.3. The molecule has 0 atom stereocenters. The maximum atomic E-state index is 5.09. The minimum absolute atomic E-state index is 0.527. The van der Waals surface area contributed by atoms with E-state index in [0.717, 1.165) is 176 Å². The van der Waals surface area contributed by atoms with Gasteiger partial charge in [-0.1, -0.05) is 261 Å². The van der Waals surface area contributed by atoms with Crippen molar-refractivity contribution in [1.29, 1.82) is 0 Å². The van der Waals surface area contributed by atoms with Crippen molar-refractivity contribution >= 4 is 87.2 Å². The Morgan fingerprint density at radius 1 is 0.147 bits per heavy atom. The van der Waals surface area contributed by atoms with Gasteiger partial charge >= 0.3 is 0 Å². The third-order valence-electron chi connectivity index (χ3n) is 21.2. The van der Waals surface area contributed by atoms with Crippen molar-refractivity contribution in [2.45, 2.75) is 0 Å². The molecule has 22 rings (SSSR count). The largest absolute Gasteiger partial charge is 0.254 e. The average Bonchev–Trinajstić information content (AvgIpc) is 0.752. The first-order valence-electron chi connectivity index (χ1n) is 38.3. The quantitative estimate of drug-likeness (QED) is 0.105. The molecule has 14 heteroatoms. The van der Waals surface area contributed by atoms with Crippen molar-refractivity contribution in [3.8, 4) is 136 Å². The van der Waals surface area contributed by atoms with E-state index in [1.807, 2.05) is 176 Å². The van der Waals surface area contributed by atoms with Crippen molar-refractivity contribution in [1.82, 2.24) is 69.8 Å². The molecule has 10 heterocycles. The van der Waals surface area contributed by atoms with Gasteiger partial charge in [0.1, 0.15) is 11.4 Å². The fourth-order valence-corrected chi connectivity index (χ4v) is 15.3. The Morgan fingerprint density at radius 2 is 0.483 bits per heavy atom. The molecule has 0 saturated carbocycles. The molecular weight excluding hydrogens is 1420 g/mol. The van der Waals surface area contributed by atoms with Gasteiger partial charge in [-0.25, -0.2) is 49.8 Å². The SMILES string of the molecule is c1ccc(-c2nc(-c3ccccc3)nc(-c3ccc4ccc(-c5ccc6nc(-c7ccc(-c8cc9cccnc9c9ncccc89)cc7)ccc6c5)cc4n3)n2)cc1.c1ccc(-c2nc(-c3ccccc3)nc(-c3ccc4ccc(-c5ccc6nc(-c7ccc(-c8ccnc9c8ccc8cccnc89)cc7)ccc6c5)cc4n3)n2)cc1. The van der Waals surface area contributed by atoms with Gasteiger partial charge in [0.25, 0.3) is 0 Å². The predicted octanol–water partition coefficient (Wildman–Crippen LogP) is 24.1. The Labute approximate surface area is 665 Å². The van der Waals surface area contributed by atoms with E-state index in [2.05, 4.69) is 220 Å². The molecule has 0 bridgehead atoms. The van der Waals surface area contributed by atoms with Crippen molar-refractivity contribution in [2.75, 3.05) is 0 Å². The van der Waals surface area contributed by atoms with Gasteiger partial charge in [0.2, 0.25) is 0 Å². The number of rotatable bonds is 12. The van der Waals surface area contributed by atoms with Crippen LogP contribution >= 0.6 is 0 Å². The molecule has 0 N–H and O–H groups in total. The van der Waals surface area contributed by atoms with Crippen LogP contribution in [0.2, 0.25) is 0 Å². The molecule has 540 valence electrons. The van der Waals surface area contributed by atoms with Crippen LogP contribution in [0.5, 0.6) is 0 Å². The molecule has 0 radical (unpaired) electrons. The van der Waals surface area contributed by atoms with Crippen LogP contribution in [0.15, 0.2) is 377 Å². The number of benzene rings is 12. The third kappa shape index (κ3) is 13.2. The zero-order valence-corrected chi connectivity index (χ0v) is 62.1. The lowest BCUT2D eigenvalue weighted by Gasteiger charge is -2.11. The highest BCUT2D eigenvalue weighted by Crippen LogP contribution is 2.39. The number of hydrogen-bond acceptors (Lipinski definition) is 14. The molecule has 0 unspecified atom stereocenters. The molecular formula is C102H62N14. The first kappa shape index (κ1) is 68.0. The van der Waals surface area contributed by atoms with E-state index in [9.17, 15) is 0 Å². The van der Waals surface area contributed by atoms with E-state index in [4.69, 9.17) is 49.8 Å². The van der Waals surface area contributed by atoms with Gasteiger partial charge in [0, 0.05) is 101 Å². The second-order valence-electron chi connectivity index (χ2n) is 28.4. The van der Waals surface area contributed by atoms with Crippen LogP contribution in [0.1, 0.15) is 0 Å². The van der Waals surface area contributed by atoms with E-state index in [1.165, 1.54) is 0 Å². The van der Waals surface area contributed by atoms with Gasteiger partial charge in [0.05, 0.1) is 55.5 Å². The van der Waals surface area contributed by atoms with E-state index < -0.39 is 0 Å². The van der Waals surface area contributed by atoms with Crippen LogP contribution in [0.25, 0.3) is 223 Å². The van der Waals surface area contributed by atoms with Crippen LogP contribution in [-0.2, 0) is 0 Å². The molecule has 116 heavy (non-hydrogen) atoms. The maximum Gasteiger partial charge on any atom is 0.182 e. The third-order valence-corrected chi connectivity index (χ3v) is 21.2. The molecule has 0 amide bonds. The summed E-state index contributed by atoms with van der Waals surface area (Å²) < 4.78 is 0. The van der Waals surface area contributed by atoms with Gasteiger partial charge in [-0.15, -0.1) is 0 Å². The lowest BCUT2D eigenvalue weighted by atomic mass is 9.96. The van der Waals surface area contributed by atoms with Crippen molar-refractivity contribution in [2.24, 2.45) is 0 Å². The average molecular weight is 1480 g/mol. The Bertz CT molecular complexity index is 7430. The van der Waals surface area contributed by atoms with Gasteiger partial charge in [0.15, 0.2) is 34.9 Å². The van der Waals surface area contributed by atoms with Gasteiger partial charge < -0.3 is 0 Å². The molecule has 0 saturated heterocycles. The van der Waals surface area contributed by atoms with Crippen molar-refractivity contribution < 1.29 is 0 Å². The molecule has 10 aromatic heterocycles. The zero-order valence-electron chi connectivity index (χ0n) is 62.1. The van der Waals surface area contributed by atoms with Crippen molar-refractivity contribution in [3.63, 3.8) is 0 Å². The number of nitrogens with zero attached hydrogens (tertiary/aromatic N) is 14. The summed E-state index contributed by atoms with van der Waals surface area (Å²) in [6.07, 6.45) is 7.34. The molecule has 22 aromatic rings. The lowest BCUT2D eigenvalue weighted by molar-refractivity contribution is 1.06. The van der Waals surface area contributed by atoms with Gasteiger partial charge in [-0.2, -0.15) is 0 Å². The van der Waals surface area contributed by atoms with Crippen LogP contribution in [0, 0.1) is 0 Å². The van der Waals surface area contributed by atoms with Crippen LogP contribution < -0.4 is 0 Å². The Hall–Kier alpha value is -16.1. The highest BCUT2D eigenvalue weighted by atomic mass is 15.1. The van der Waals surface area contributed by atoms with Gasteiger partial charge in [-0.05, 0) is 136 Å². The number of aromatic nitrogens is 14. The predicted molar refractivity (Wildman–Crippen MR) is 467 cm³/mol. The van der Waals surface area contributed by atoms with E-state index in [1.54, 1.807) is 0 Å². The van der Waals surface area contributed by atoms with E-state index in [-0.39, 0.29) is 0 Å². The number of hydrogen-bond donors (Lipinski definition) is 0. The second kappa shape index (κ2) is 29.3. The minimum Gasteiger partial charge on any atom is -0.254 e. The molecule has 0 spiro atoms. The summed E-state index contributed by atoms with van der Waals surface area (Å²) in [6, 6.07) is 120. The Kier molecular flexibility index (Phi) is 17.2. The summed E-state index contributed by atoms with van der Waals surface area (Å²) in [5, 5.41) is 8.53. The van der Waals surface area contributed by atoms with Crippen LogP contribution in [0.4, 0.5) is 0 Å². The van der Waals surface area contributed by atoms with Crippen molar-refractivity contribution in [3.05, 3.63) is 377 Å². The van der Waals surface area contributed by atoms with Crippen LogP contribution in [-0.4, -0.2) is 69.8 Å². The fourth-order valence-electron chi connectivity index (χ4n) is 15.3. The topological polar surface area (TPSA) is 180 Å². The summed E-state index contributed by atoms with van der Waals surface area (Å²) >= 11 is 0. The molecule has 14 nitrogen and oxygen atoms in total. The summed E-state index contributed by atoms with van der Waals surface area (Å²) in [7, 11) is 0. The zero-order chi connectivity index (χ0) is 76.8. The highest BCUT2D eigenvalue weighted by Gasteiger charge is 2.19. The monoisotopic (exact) mass is 1480 g/mol. The summed E-state index contributed by atoms with van der Waals surface area (Å²) in [4.78, 5) is 68.2. The minimum atomic E-state index is 0.527. The first-order chi connectivity index (χ1) is 57.4. The molecule has 0 aliphatic heterocycles. The lowest BCUT2D eigenvalue weighted by Crippen LogP contribution is -2.01. The molecule has 0 fully saturated rings. The smallest absolute Gasteiger partial charge is 0.182 e. The summed E-state index contributed by atoms with van der Waals surface area (Å²) in [5.41, 5.74) is 25.1. The van der Waals surface area contributed by atoms with E-state index >= 15 is 0 Å². The normalized spacial score (nSPS) is 11.4. The van der Waals surface area contributed by atoms with Gasteiger partial charge in [-0.3, -0.25) is 19.9 Å². The molecule has 0 aliphatic rings. The molecule has 0 aliphatic carbocycles. The Balaban J connectivity index is 0.000000145. The van der Waals surface area contributed by atoms with Crippen LogP contribution in [0.3, 0.4) is 0 Å². The maximum absolute atomic E-state index is 5.09. The molecule has 12 aromatic carbocycles. The number of pyridine rings is 8.